The van der Waals surface area contributed by atoms with Crippen LogP contribution in [0.4, 0.5) is 26.3 Å². The van der Waals surface area contributed by atoms with E-state index < -0.39 is 23.5 Å². The second-order valence-electron chi connectivity index (χ2n) is 19.9. The van der Waals surface area contributed by atoms with Crippen LogP contribution in [-0.2, 0) is 12.4 Å². The Balaban J connectivity index is 0.000000194. The van der Waals surface area contributed by atoms with Gasteiger partial charge >= 0.3 is 12.4 Å². The lowest BCUT2D eigenvalue weighted by molar-refractivity contribution is -0.138. The zero-order valence-electron chi connectivity index (χ0n) is 43.0. The van der Waals surface area contributed by atoms with E-state index in [9.17, 15) is 45.5 Å². The molecule has 4 saturated heterocycles. The molecule has 0 saturated carbocycles. The van der Waals surface area contributed by atoms with Crippen molar-refractivity contribution in [3.05, 3.63) is 191 Å². The summed E-state index contributed by atoms with van der Waals surface area (Å²) in [4.78, 5) is 61.3. The fraction of sp³-hybridized carbons (Fsp3) is 0.344. The van der Waals surface area contributed by atoms with Crippen LogP contribution < -0.4 is 0 Å². The minimum Gasteiger partial charge on any atom is -0.338 e. The molecule has 77 heavy (non-hydrogen) atoms. The Labute approximate surface area is 454 Å². The minimum absolute atomic E-state index is 0.0585. The predicted octanol–water partition coefficient (Wildman–Crippen LogP) is 12.8. The van der Waals surface area contributed by atoms with E-state index in [1.54, 1.807) is 65.6 Å². The molecule has 0 bridgehead atoms. The SMILES string of the molecule is CCBr.CCN(C1CN(C(=O)c2ccc(-c3cccc(C(F)(F)F)c3)cc2)C1)[C@H]1CCN(C(=O)c2ccccc2)C1.O=C(c1ccc(-c2cccc(C(F)(F)F)c2)cc1)N1CC(C[C@H]2CCN(C(=O)c3ccccc3)C2)C1. The standard InChI is InChI=1S/C30H30F3N3O2.C29H27F3N2O2.C2H5Br/c1-2-36(26-15-16-34(18-26)28(37)22-7-4-3-5-8-22)27-19-35(20-27)29(38)23-13-11-21(12-14-23)24-9-6-10-25(17-24)30(31,32)33;30-29(31,32)26-8-4-7-25(16-26)22-9-11-24(12-10-22)28(36)34-18-21(19-34)15-20-13-14-33(17-20)27(35)23-5-2-1-3-6-23;1-2-3/h3-14,17,26-27H,2,15-16,18-20H2,1H3;1-12,16,20-21H,13-15,17-19H2;2H2,1H3/t26-;20-;/m01./s1. The van der Waals surface area contributed by atoms with Gasteiger partial charge < -0.3 is 19.6 Å². The van der Waals surface area contributed by atoms with Gasteiger partial charge in [-0.2, -0.15) is 26.3 Å². The molecule has 16 heteroatoms. The molecule has 10 rings (SSSR count). The molecule has 6 aromatic rings. The lowest BCUT2D eigenvalue weighted by Gasteiger charge is -2.47. The monoisotopic (exact) mass is 1120 g/mol. The first-order valence-electron chi connectivity index (χ1n) is 26.1. The number of carbonyl (C=O) groups excluding carboxylic acids is 4. The molecular weight excluding hydrogens is 1060 g/mol. The highest BCUT2D eigenvalue weighted by Crippen LogP contribution is 2.35. The lowest BCUT2D eigenvalue weighted by atomic mass is 9.87. The van der Waals surface area contributed by atoms with E-state index in [-0.39, 0.29) is 35.7 Å². The molecule has 6 aromatic carbocycles. The van der Waals surface area contributed by atoms with Crippen LogP contribution in [0.5, 0.6) is 0 Å². The molecule has 9 nitrogen and oxygen atoms in total. The predicted molar refractivity (Wildman–Crippen MR) is 291 cm³/mol. The van der Waals surface area contributed by atoms with Gasteiger partial charge in [0.1, 0.15) is 0 Å². The summed E-state index contributed by atoms with van der Waals surface area (Å²) in [5, 5.41) is 1.06. The van der Waals surface area contributed by atoms with Crippen LogP contribution in [0.1, 0.15) is 85.7 Å². The van der Waals surface area contributed by atoms with Crippen molar-refractivity contribution < 1.29 is 45.5 Å². The Morgan fingerprint density at radius 1 is 0.455 bits per heavy atom. The van der Waals surface area contributed by atoms with Gasteiger partial charge in [0, 0.05) is 92.0 Å². The van der Waals surface area contributed by atoms with Gasteiger partial charge in [-0.25, -0.2) is 0 Å². The zero-order valence-corrected chi connectivity index (χ0v) is 44.6. The van der Waals surface area contributed by atoms with Crippen LogP contribution in [0.25, 0.3) is 22.3 Å². The smallest absolute Gasteiger partial charge is 0.338 e. The van der Waals surface area contributed by atoms with Crippen LogP contribution >= 0.6 is 15.9 Å². The second-order valence-corrected chi connectivity index (χ2v) is 21.0. The maximum atomic E-state index is 13.1. The van der Waals surface area contributed by atoms with Gasteiger partial charge in [-0.1, -0.05) is 115 Å². The zero-order chi connectivity index (χ0) is 54.9. The van der Waals surface area contributed by atoms with E-state index in [1.807, 2.05) is 82.3 Å². The first-order valence-corrected chi connectivity index (χ1v) is 27.2. The highest BCUT2D eigenvalue weighted by Gasteiger charge is 2.41. The Hall–Kier alpha value is -6.78. The number of likely N-dealkylation sites (N-methyl/N-ethyl adjacent to an activating group) is 1. The third-order valence-corrected chi connectivity index (χ3v) is 14.7. The summed E-state index contributed by atoms with van der Waals surface area (Å²) in [5.74, 6) is 0.872. The van der Waals surface area contributed by atoms with Crippen molar-refractivity contribution in [1.29, 1.82) is 0 Å². The van der Waals surface area contributed by atoms with Crippen molar-refractivity contribution in [2.75, 3.05) is 64.2 Å². The molecule has 4 aliphatic heterocycles. The van der Waals surface area contributed by atoms with E-state index in [1.165, 1.54) is 12.1 Å². The number of nitrogens with zero attached hydrogens (tertiary/aromatic N) is 5. The summed E-state index contributed by atoms with van der Waals surface area (Å²) in [5.41, 5.74) is 3.26. The van der Waals surface area contributed by atoms with E-state index in [0.29, 0.717) is 83.5 Å². The fourth-order valence-electron chi connectivity index (χ4n) is 10.7. The van der Waals surface area contributed by atoms with E-state index >= 15 is 0 Å². The molecule has 0 radical (unpaired) electrons. The lowest BCUT2D eigenvalue weighted by Crippen LogP contribution is -2.63. The van der Waals surface area contributed by atoms with Gasteiger partial charge in [0.15, 0.2) is 0 Å². The van der Waals surface area contributed by atoms with E-state index in [0.717, 1.165) is 80.6 Å². The Morgan fingerprint density at radius 3 is 1.27 bits per heavy atom. The van der Waals surface area contributed by atoms with E-state index in [4.69, 9.17) is 0 Å². The number of alkyl halides is 7. The largest absolute Gasteiger partial charge is 0.416 e. The van der Waals surface area contributed by atoms with Crippen molar-refractivity contribution >= 4 is 39.6 Å². The van der Waals surface area contributed by atoms with Gasteiger partial charge in [0.05, 0.1) is 11.1 Å². The first-order chi connectivity index (χ1) is 36.9. The summed E-state index contributed by atoms with van der Waals surface area (Å²) in [6.07, 6.45) is -5.90. The third kappa shape index (κ3) is 14.0. The quantitative estimate of drug-likeness (QED) is 0.0953. The average molecular weight is 1120 g/mol. The number of hydrogen-bond acceptors (Lipinski definition) is 5. The Kier molecular flexibility index (Phi) is 18.4. The van der Waals surface area contributed by atoms with Crippen molar-refractivity contribution in [2.24, 2.45) is 11.8 Å². The number of amides is 4. The second kappa shape index (κ2) is 25.1. The van der Waals surface area contributed by atoms with Crippen LogP contribution in [0.2, 0.25) is 0 Å². The third-order valence-electron chi connectivity index (χ3n) is 14.7. The molecule has 0 unspecified atom stereocenters. The molecule has 4 fully saturated rings. The summed E-state index contributed by atoms with van der Waals surface area (Å²) in [6, 6.07) is 43.0. The van der Waals surface area contributed by atoms with Crippen LogP contribution in [-0.4, -0.2) is 124 Å². The normalized spacial score (nSPS) is 17.7. The molecule has 4 amide bonds. The summed E-state index contributed by atoms with van der Waals surface area (Å²) in [6.45, 7) is 10.5. The molecule has 4 heterocycles. The molecule has 0 spiro atoms. The Bertz CT molecular complexity index is 2950. The number of carbonyl (C=O) groups is 4. The number of likely N-dealkylation sites (tertiary alicyclic amines) is 4. The number of hydrogen-bond donors (Lipinski definition) is 0. The number of rotatable bonds is 11. The molecule has 0 aliphatic carbocycles. The maximum absolute atomic E-state index is 13.1. The molecule has 0 aromatic heterocycles. The molecule has 0 N–H and O–H groups in total. The fourth-order valence-corrected chi connectivity index (χ4v) is 10.7. The van der Waals surface area contributed by atoms with Crippen molar-refractivity contribution in [3.8, 4) is 22.3 Å². The van der Waals surface area contributed by atoms with Crippen LogP contribution in [0, 0.1) is 11.8 Å². The van der Waals surface area contributed by atoms with E-state index in [2.05, 4.69) is 27.8 Å². The van der Waals surface area contributed by atoms with Crippen LogP contribution in [0.3, 0.4) is 0 Å². The van der Waals surface area contributed by atoms with Gasteiger partial charge in [-0.15, -0.1) is 0 Å². The topological polar surface area (TPSA) is 84.5 Å². The van der Waals surface area contributed by atoms with Gasteiger partial charge in [-0.3, -0.25) is 24.1 Å². The molecular formula is C61H62BrF6N5O4. The molecule has 2 atom stereocenters. The molecule has 404 valence electrons. The van der Waals surface area contributed by atoms with Gasteiger partial charge in [-0.05, 0) is 133 Å². The summed E-state index contributed by atoms with van der Waals surface area (Å²) >= 11 is 3.15. The van der Waals surface area contributed by atoms with Crippen molar-refractivity contribution in [1.82, 2.24) is 24.5 Å². The molecule has 4 aliphatic rings. The van der Waals surface area contributed by atoms with Gasteiger partial charge in [0.25, 0.3) is 23.6 Å². The van der Waals surface area contributed by atoms with Crippen LogP contribution in [0.15, 0.2) is 158 Å². The number of benzene rings is 6. The van der Waals surface area contributed by atoms with Gasteiger partial charge in [0.2, 0.25) is 0 Å². The van der Waals surface area contributed by atoms with Crippen molar-refractivity contribution in [2.45, 2.75) is 57.5 Å². The summed E-state index contributed by atoms with van der Waals surface area (Å²) in [7, 11) is 0. The van der Waals surface area contributed by atoms with Crippen molar-refractivity contribution in [3.63, 3.8) is 0 Å². The maximum Gasteiger partial charge on any atom is 0.416 e. The Morgan fingerprint density at radius 2 is 0.831 bits per heavy atom. The number of halogens is 7. The first kappa shape index (κ1) is 56.4. The highest BCUT2D eigenvalue weighted by atomic mass is 79.9. The minimum atomic E-state index is -4.40. The average Bonchev–Trinajstić information content (AvgIpc) is 4.13. The summed E-state index contributed by atoms with van der Waals surface area (Å²) < 4.78 is 78.2. The highest BCUT2D eigenvalue weighted by molar-refractivity contribution is 9.09.